The van der Waals surface area contributed by atoms with E-state index in [1.54, 1.807) is 18.8 Å². The molecule has 0 atom stereocenters. The molecule has 0 aliphatic rings. The fraction of sp³-hybridized carbons (Fsp3) is 0.636. The third-order valence-electron chi connectivity index (χ3n) is 2.59. The highest BCUT2D eigenvalue weighted by atomic mass is 127. The number of aryl methyl sites for hydroxylation is 2. The lowest BCUT2D eigenvalue weighted by atomic mass is 10.2. The normalized spacial score (nSPS) is 10.8. The second-order valence-electron chi connectivity index (χ2n) is 3.59. The number of ether oxygens (including phenoxy) is 1. The predicted molar refractivity (Wildman–Crippen MR) is 83.8 cm³/mol. The van der Waals surface area contributed by atoms with Gasteiger partial charge in [-0.15, -0.1) is 24.0 Å². The van der Waals surface area contributed by atoms with E-state index in [1.165, 1.54) is 0 Å². The van der Waals surface area contributed by atoms with Gasteiger partial charge in [0.1, 0.15) is 0 Å². The Morgan fingerprint density at radius 3 is 2.61 bits per heavy atom. The Morgan fingerprint density at radius 2 is 2.17 bits per heavy atom. The number of rotatable bonds is 4. The van der Waals surface area contributed by atoms with Crippen LogP contribution in [0, 0.1) is 0 Å². The zero-order valence-electron chi connectivity index (χ0n) is 11.6. The van der Waals surface area contributed by atoms with Gasteiger partial charge in [0, 0.05) is 21.1 Å². The summed E-state index contributed by atoms with van der Waals surface area (Å²) in [6, 6.07) is 0. The Bertz CT molecular complexity index is 402. The molecule has 1 rings (SSSR count). The van der Waals surface area contributed by atoms with Crippen LogP contribution in [0.3, 0.4) is 0 Å². The second kappa shape index (κ2) is 8.17. The van der Waals surface area contributed by atoms with Gasteiger partial charge >= 0.3 is 0 Å². The molecule has 0 saturated carbocycles. The highest BCUT2D eigenvalue weighted by molar-refractivity contribution is 14.0. The highest BCUT2D eigenvalue weighted by Gasteiger charge is 2.15. The van der Waals surface area contributed by atoms with Crippen molar-refractivity contribution in [2.24, 2.45) is 12.0 Å². The maximum Gasteiger partial charge on any atom is 0.216 e. The van der Waals surface area contributed by atoms with Gasteiger partial charge in [0.2, 0.25) is 5.88 Å². The summed E-state index contributed by atoms with van der Waals surface area (Å²) in [5, 5.41) is 10.6. The van der Waals surface area contributed by atoms with Crippen molar-refractivity contribution >= 4 is 29.9 Å². The van der Waals surface area contributed by atoms with Crippen LogP contribution in [0.1, 0.15) is 18.2 Å². The summed E-state index contributed by atoms with van der Waals surface area (Å²) in [5.41, 5.74) is 2.12. The zero-order chi connectivity index (χ0) is 12.8. The van der Waals surface area contributed by atoms with Crippen LogP contribution in [0.25, 0.3) is 0 Å². The SMILES string of the molecule is CCc1nn(C)c(OC)c1CNC(=NC)NC.I. The van der Waals surface area contributed by atoms with Crippen LogP contribution >= 0.6 is 24.0 Å². The van der Waals surface area contributed by atoms with Gasteiger partial charge in [0.15, 0.2) is 5.96 Å². The summed E-state index contributed by atoms with van der Waals surface area (Å²) in [7, 11) is 7.11. The molecule has 7 heteroatoms. The Morgan fingerprint density at radius 1 is 1.50 bits per heavy atom. The van der Waals surface area contributed by atoms with E-state index in [-0.39, 0.29) is 24.0 Å². The molecule has 104 valence electrons. The molecule has 2 N–H and O–H groups in total. The van der Waals surface area contributed by atoms with Crippen LogP contribution in [0.15, 0.2) is 4.99 Å². The molecule has 1 aromatic heterocycles. The van der Waals surface area contributed by atoms with E-state index < -0.39 is 0 Å². The van der Waals surface area contributed by atoms with E-state index in [4.69, 9.17) is 4.74 Å². The fourth-order valence-electron chi connectivity index (χ4n) is 1.77. The van der Waals surface area contributed by atoms with Crippen molar-refractivity contribution < 1.29 is 4.74 Å². The molecule has 0 unspecified atom stereocenters. The summed E-state index contributed by atoms with van der Waals surface area (Å²) < 4.78 is 7.12. The van der Waals surface area contributed by atoms with Crippen LogP contribution in [0.2, 0.25) is 0 Å². The average molecular weight is 367 g/mol. The summed E-state index contributed by atoms with van der Waals surface area (Å²) in [4.78, 5) is 4.07. The maximum atomic E-state index is 5.36. The van der Waals surface area contributed by atoms with Crippen LogP contribution in [0.5, 0.6) is 5.88 Å². The third kappa shape index (κ3) is 3.76. The first kappa shape index (κ1) is 17.0. The molecule has 0 radical (unpaired) electrons. The number of hydrogen-bond acceptors (Lipinski definition) is 3. The number of hydrogen-bond donors (Lipinski definition) is 2. The molecule has 18 heavy (non-hydrogen) atoms. The molecule has 0 fully saturated rings. The van der Waals surface area contributed by atoms with Crippen LogP contribution < -0.4 is 15.4 Å². The first-order valence-electron chi connectivity index (χ1n) is 5.65. The number of aromatic nitrogens is 2. The molecule has 0 bridgehead atoms. The van der Waals surface area contributed by atoms with E-state index in [0.717, 1.165) is 29.5 Å². The van der Waals surface area contributed by atoms with E-state index in [1.807, 2.05) is 14.1 Å². The van der Waals surface area contributed by atoms with Gasteiger partial charge in [-0.25, -0.2) is 4.68 Å². The summed E-state index contributed by atoms with van der Waals surface area (Å²) >= 11 is 0. The Hall–Kier alpha value is -0.990. The van der Waals surface area contributed by atoms with Gasteiger partial charge in [-0.3, -0.25) is 4.99 Å². The zero-order valence-corrected chi connectivity index (χ0v) is 13.9. The molecule has 6 nitrogen and oxygen atoms in total. The molecule has 1 aromatic rings. The van der Waals surface area contributed by atoms with Crippen molar-refractivity contribution in [3.8, 4) is 5.88 Å². The molecule has 0 aliphatic carbocycles. The predicted octanol–water partition coefficient (Wildman–Crippen LogP) is 0.904. The van der Waals surface area contributed by atoms with Crippen LogP contribution in [-0.4, -0.2) is 36.9 Å². The lowest BCUT2D eigenvalue weighted by Crippen LogP contribution is -2.34. The molecule has 1 heterocycles. The van der Waals surface area contributed by atoms with E-state index in [9.17, 15) is 0 Å². The third-order valence-corrected chi connectivity index (χ3v) is 2.59. The smallest absolute Gasteiger partial charge is 0.216 e. The topological polar surface area (TPSA) is 63.5 Å². The first-order chi connectivity index (χ1) is 8.17. The number of methoxy groups -OCH3 is 1. The van der Waals surface area contributed by atoms with Crippen LogP contribution in [-0.2, 0) is 20.0 Å². The first-order valence-corrected chi connectivity index (χ1v) is 5.65. The van der Waals surface area contributed by atoms with Crippen LogP contribution in [0.4, 0.5) is 0 Å². The van der Waals surface area contributed by atoms with Gasteiger partial charge in [-0.1, -0.05) is 6.92 Å². The molecular weight excluding hydrogens is 345 g/mol. The highest BCUT2D eigenvalue weighted by Crippen LogP contribution is 2.21. The number of aliphatic imine (C=N–C) groups is 1. The Balaban J connectivity index is 0.00000289. The minimum Gasteiger partial charge on any atom is -0.481 e. The molecule has 0 saturated heterocycles. The summed E-state index contributed by atoms with van der Waals surface area (Å²) in [6.07, 6.45) is 0.881. The van der Waals surface area contributed by atoms with Crippen molar-refractivity contribution in [2.75, 3.05) is 21.2 Å². The van der Waals surface area contributed by atoms with E-state index in [2.05, 4.69) is 27.6 Å². The largest absolute Gasteiger partial charge is 0.481 e. The minimum absolute atomic E-state index is 0. The van der Waals surface area contributed by atoms with Crippen molar-refractivity contribution in [2.45, 2.75) is 19.9 Å². The van der Waals surface area contributed by atoms with Gasteiger partial charge in [-0.2, -0.15) is 5.10 Å². The van der Waals surface area contributed by atoms with Gasteiger partial charge in [0.25, 0.3) is 0 Å². The van der Waals surface area contributed by atoms with Gasteiger partial charge in [0.05, 0.1) is 24.9 Å². The lowest BCUT2D eigenvalue weighted by molar-refractivity contribution is 0.369. The summed E-state index contributed by atoms with van der Waals surface area (Å²) in [5.74, 6) is 1.54. The lowest BCUT2D eigenvalue weighted by Gasteiger charge is -2.09. The quantitative estimate of drug-likeness (QED) is 0.472. The summed E-state index contributed by atoms with van der Waals surface area (Å²) in [6.45, 7) is 2.73. The van der Waals surface area contributed by atoms with E-state index in [0.29, 0.717) is 6.54 Å². The molecule has 0 aliphatic heterocycles. The minimum atomic E-state index is 0. The standard InChI is InChI=1S/C11H21N5O.HI/c1-6-9-8(7-14-11(12-2)13-3)10(17-5)16(4)15-9;/h6-7H2,1-5H3,(H2,12,13,14);1H. The molecule has 0 amide bonds. The second-order valence-corrected chi connectivity index (χ2v) is 3.59. The van der Waals surface area contributed by atoms with E-state index >= 15 is 0 Å². The number of halogens is 1. The van der Waals surface area contributed by atoms with Crippen molar-refractivity contribution in [3.05, 3.63) is 11.3 Å². The maximum absolute atomic E-state index is 5.36. The monoisotopic (exact) mass is 367 g/mol. The molecule has 0 spiro atoms. The Kier molecular flexibility index (Phi) is 7.72. The molecular formula is C11H22IN5O. The van der Waals surface area contributed by atoms with Crippen molar-refractivity contribution in [1.82, 2.24) is 20.4 Å². The number of nitrogens with one attached hydrogen (secondary N) is 2. The molecule has 0 aromatic carbocycles. The Labute approximate surface area is 125 Å². The number of guanidine groups is 1. The van der Waals surface area contributed by atoms with Gasteiger partial charge in [-0.05, 0) is 6.42 Å². The average Bonchev–Trinajstić information content (AvgIpc) is 2.66. The number of nitrogens with zero attached hydrogens (tertiary/aromatic N) is 3. The van der Waals surface area contributed by atoms with Crippen molar-refractivity contribution in [1.29, 1.82) is 0 Å². The fourth-order valence-corrected chi connectivity index (χ4v) is 1.77. The van der Waals surface area contributed by atoms with Crippen molar-refractivity contribution in [3.63, 3.8) is 0 Å². The van der Waals surface area contributed by atoms with Gasteiger partial charge < -0.3 is 15.4 Å².